The van der Waals surface area contributed by atoms with Crippen LogP contribution in [0.3, 0.4) is 0 Å². The lowest BCUT2D eigenvalue weighted by Crippen LogP contribution is -2.18. The molecule has 0 fully saturated rings. The zero-order chi connectivity index (χ0) is 28.0. The Morgan fingerprint density at radius 1 is 0.619 bits per heavy atom. The van der Waals surface area contributed by atoms with Crippen molar-refractivity contribution >= 4 is 43.5 Å². The Balaban J connectivity index is 1.53. The van der Waals surface area contributed by atoms with Gasteiger partial charge in [-0.1, -0.05) is 111 Å². The number of aromatic nitrogens is 4. The molecule has 0 spiro atoms. The van der Waals surface area contributed by atoms with E-state index in [0.29, 0.717) is 5.95 Å². The van der Waals surface area contributed by atoms with Crippen LogP contribution in [0.2, 0.25) is 0 Å². The number of hydrogen-bond acceptors (Lipinski definition) is 3. The van der Waals surface area contributed by atoms with E-state index in [4.69, 9.17) is 15.0 Å². The van der Waals surface area contributed by atoms with E-state index < -0.39 is 0 Å². The first-order chi connectivity index (χ1) is 20.6. The maximum absolute atomic E-state index is 5.35. The Morgan fingerprint density at radius 3 is 2.14 bits per heavy atom. The van der Waals surface area contributed by atoms with Crippen LogP contribution in [0.25, 0.3) is 71.8 Å². The minimum absolute atomic E-state index is 0.320. The summed E-state index contributed by atoms with van der Waals surface area (Å²) in [6.07, 6.45) is 1.92. The van der Waals surface area contributed by atoms with Gasteiger partial charge in [0.05, 0.1) is 27.9 Å². The van der Waals surface area contributed by atoms with E-state index in [1.807, 2.05) is 12.3 Å². The number of fused-ring (bicyclic) bond motifs is 11. The molecular weight excluding hydrogens is 512 g/mol. The van der Waals surface area contributed by atoms with Gasteiger partial charge < -0.3 is 0 Å². The summed E-state index contributed by atoms with van der Waals surface area (Å²) >= 11 is 0. The second-order valence-electron chi connectivity index (χ2n) is 11.7. The molecule has 198 valence electrons. The first-order valence-corrected chi connectivity index (χ1v) is 14.4. The molecule has 4 heteroatoms. The molecule has 42 heavy (non-hydrogen) atoms. The van der Waals surface area contributed by atoms with E-state index in [1.54, 1.807) is 0 Å². The van der Waals surface area contributed by atoms with Gasteiger partial charge in [-0.3, -0.25) is 9.55 Å². The molecule has 0 amide bonds. The lowest BCUT2D eigenvalue weighted by molar-refractivity contribution is 0.640. The Labute approximate surface area is 242 Å². The van der Waals surface area contributed by atoms with E-state index >= 15 is 0 Å². The first-order valence-electron chi connectivity index (χ1n) is 14.4. The van der Waals surface area contributed by atoms with Crippen LogP contribution < -0.4 is 0 Å². The van der Waals surface area contributed by atoms with Crippen LogP contribution in [0.5, 0.6) is 0 Å². The zero-order valence-corrected chi connectivity index (χ0v) is 23.3. The van der Waals surface area contributed by atoms with Crippen molar-refractivity contribution in [2.45, 2.75) is 19.3 Å². The molecule has 3 aromatic heterocycles. The van der Waals surface area contributed by atoms with Gasteiger partial charge in [0.15, 0.2) is 0 Å². The molecule has 0 bridgehead atoms. The smallest absolute Gasteiger partial charge is 0.235 e. The van der Waals surface area contributed by atoms with Crippen molar-refractivity contribution in [3.63, 3.8) is 0 Å². The third kappa shape index (κ3) is 2.98. The zero-order valence-electron chi connectivity index (χ0n) is 23.3. The number of hydrogen-bond donors (Lipinski definition) is 0. The van der Waals surface area contributed by atoms with E-state index in [1.165, 1.54) is 38.2 Å². The van der Waals surface area contributed by atoms with Crippen LogP contribution in [-0.2, 0) is 5.41 Å². The van der Waals surface area contributed by atoms with E-state index in [9.17, 15) is 0 Å². The van der Waals surface area contributed by atoms with Crippen LogP contribution in [-0.4, -0.2) is 19.5 Å². The van der Waals surface area contributed by atoms with Gasteiger partial charge >= 0.3 is 0 Å². The van der Waals surface area contributed by atoms with Crippen molar-refractivity contribution in [2.24, 2.45) is 0 Å². The molecule has 4 nitrogen and oxygen atoms in total. The van der Waals surface area contributed by atoms with Crippen molar-refractivity contribution in [1.82, 2.24) is 19.5 Å². The highest BCUT2D eigenvalue weighted by molar-refractivity contribution is 6.26. The topological polar surface area (TPSA) is 43.6 Å². The Morgan fingerprint density at radius 2 is 1.31 bits per heavy atom. The Bertz CT molecular complexity index is 2380. The van der Waals surface area contributed by atoms with Crippen molar-refractivity contribution < 1.29 is 0 Å². The average molecular weight is 539 g/mol. The number of rotatable bonds is 2. The molecule has 1 aliphatic carbocycles. The molecule has 1 aliphatic rings. The first kappa shape index (κ1) is 23.4. The highest BCUT2D eigenvalue weighted by Gasteiger charge is 2.41. The molecule has 8 aromatic rings. The van der Waals surface area contributed by atoms with Gasteiger partial charge in [-0.25, -0.2) is 9.97 Å². The van der Waals surface area contributed by atoms with E-state index in [-0.39, 0.29) is 5.41 Å². The van der Waals surface area contributed by atoms with Crippen LogP contribution in [0.15, 0.2) is 121 Å². The van der Waals surface area contributed by atoms with Gasteiger partial charge in [-0.2, -0.15) is 0 Å². The van der Waals surface area contributed by atoms with Crippen LogP contribution >= 0.6 is 0 Å². The number of benzene rings is 5. The van der Waals surface area contributed by atoms with Gasteiger partial charge in [0, 0.05) is 38.9 Å². The molecule has 0 aliphatic heterocycles. The SMILES string of the molecule is CC1(C)c2ncccc2-c2c1c1c(c3ccccc23)c2ccccc2n1-c1nc(-c2ccccc2)c2ccccc2n1. The predicted molar refractivity (Wildman–Crippen MR) is 172 cm³/mol. The molecule has 3 heterocycles. The largest absolute Gasteiger partial charge is 0.278 e. The lowest BCUT2D eigenvalue weighted by atomic mass is 9.82. The van der Waals surface area contributed by atoms with Gasteiger partial charge in [-0.05, 0) is 40.1 Å². The second kappa shape index (κ2) is 8.34. The van der Waals surface area contributed by atoms with Crippen LogP contribution in [0.4, 0.5) is 0 Å². The monoisotopic (exact) mass is 538 g/mol. The van der Waals surface area contributed by atoms with E-state index in [0.717, 1.165) is 38.9 Å². The molecule has 0 saturated heterocycles. The normalized spacial score (nSPS) is 13.7. The fraction of sp³-hybridized carbons (Fsp3) is 0.0789. The second-order valence-corrected chi connectivity index (χ2v) is 11.7. The summed E-state index contributed by atoms with van der Waals surface area (Å²) in [5.41, 5.74) is 9.72. The fourth-order valence-electron chi connectivity index (χ4n) is 7.22. The maximum atomic E-state index is 5.35. The third-order valence-corrected chi connectivity index (χ3v) is 8.96. The number of pyridine rings is 1. The average Bonchev–Trinajstić information content (AvgIpc) is 3.50. The lowest BCUT2D eigenvalue weighted by Gasteiger charge is -2.23. The fourth-order valence-corrected chi connectivity index (χ4v) is 7.22. The van der Waals surface area contributed by atoms with Crippen LogP contribution in [0, 0.1) is 0 Å². The Kier molecular flexibility index (Phi) is 4.64. The quantitative estimate of drug-likeness (QED) is 0.220. The summed E-state index contributed by atoms with van der Waals surface area (Å²) in [6, 6.07) is 40.5. The van der Waals surface area contributed by atoms with Gasteiger partial charge in [0.2, 0.25) is 5.95 Å². The summed E-state index contributed by atoms with van der Waals surface area (Å²) in [4.78, 5) is 15.5. The highest BCUT2D eigenvalue weighted by atomic mass is 15.2. The third-order valence-electron chi connectivity index (χ3n) is 8.96. The standard InChI is InChI=1S/C38H26N4/c1-38(2)33-31(28-19-12-22-39-36(28)38)24-15-6-7-16-25(24)32-27-18-9-11-21-30(27)42(35(32)33)37-40-29-20-10-8-17-26(29)34(41-37)23-13-4-3-5-14-23/h3-22H,1-2H3. The molecule has 9 rings (SSSR count). The predicted octanol–water partition coefficient (Wildman–Crippen LogP) is 9.25. The van der Waals surface area contributed by atoms with Crippen molar-refractivity contribution in [1.29, 1.82) is 0 Å². The highest BCUT2D eigenvalue weighted by Crippen LogP contribution is 2.55. The maximum Gasteiger partial charge on any atom is 0.235 e. The number of nitrogens with zero attached hydrogens (tertiary/aromatic N) is 4. The molecule has 0 saturated carbocycles. The van der Waals surface area contributed by atoms with Gasteiger partial charge in [0.25, 0.3) is 0 Å². The van der Waals surface area contributed by atoms with Crippen molar-refractivity contribution in [2.75, 3.05) is 0 Å². The molecule has 5 aromatic carbocycles. The van der Waals surface area contributed by atoms with Crippen LogP contribution in [0.1, 0.15) is 25.1 Å². The summed E-state index contributed by atoms with van der Waals surface area (Å²) in [7, 11) is 0. The summed E-state index contributed by atoms with van der Waals surface area (Å²) in [5.74, 6) is 0.677. The van der Waals surface area contributed by atoms with Crippen molar-refractivity contribution in [3.05, 3.63) is 133 Å². The molecular formula is C38H26N4. The number of para-hydroxylation sites is 2. The summed E-state index contributed by atoms with van der Waals surface area (Å²) in [6.45, 7) is 4.61. The minimum atomic E-state index is -0.320. The Hall–Kier alpha value is -5.35. The molecule has 0 unspecified atom stereocenters. The van der Waals surface area contributed by atoms with E-state index in [2.05, 4.69) is 128 Å². The van der Waals surface area contributed by atoms with Crippen molar-refractivity contribution in [3.8, 4) is 28.3 Å². The molecule has 0 N–H and O–H groups in total. The molecule has 0 radical (unpaired) electrons. The molecule has 0 atom stereocenters. The minimum Gasteiger partial charge on any atom is -0.278 e. The van der Waals surface area contributed by atoms with Gasteiger partial charge in [-0.15, -0.1) is 0 Å². The summed E-state index contributed by atoms with van der Waals surface area (Å²) in [5, 5.41) is 5.97. The van der Waals surface area contributed by atoms with Gasteiger partial charge in [0.1, 0.15) is 0 Å². The summed E-state index contributed by atoms with van der Waals surface area (Å²) < 4.78 is 2.31.